The normalized spacial score (nSPS) is 21.7. The summed E-state index contributed by atoms with van der Waals surface area (Å²) in [7, 11) is -3.65. The Morgan fingerprint density at radius 2 is 2.00 bits per heavy atom. The lowest BCUT2D eigenvalue weighted by atomic mass is 10.0. The zero-order valence-electron chi connectivity index (χ0n) is 10.8. The number of rotatable bonds is 4. The fraction of sp³-hybridized carbons (Fsp3) is 0.462. The number of sulfonamides is 1. The predicted octanol–water partition coefficient (Wildman–Crippen LogP) is 1.03. The Bertz CT molecular complexity index is 557. The van der Waals surface area contributed by atoms with Crippen LogP contribution in [0, 0.1) is 0 Å². The molecule has 0 radical (unpaired) electrons. The molecule has 1 aliphatic rings. The fourth-order valence-electron chi connectivity index (χ4n) is 2.53. The van der Waals surface area contributed by atoms with Crippen molar-refractivity contribution < 1.29 is 13.2 Å². The van der Waals surface area contributed by atoms with Gasteiger partial charge in [0, 0.05) is 13.0 Å². The van der Waals surface area contributed by atoms with Crippen molar-refractivity contribution in [3.63, 3.8) is 0 Å². The van der Waals surface area contributed by atoms with Gasteiger partial charge in [0.15, 0.2) is 0 Å². The SMILES string of the molecule is CC[C@@H](c1ccccc1)N1CC(S(N)(=O)=O)CC1=O. The molecule has 2 rings (SSSR count). The molecule has 1 aromatic carbocycles. The number of benzene rings is 1. The Labute approximate surface area is 113 Å². The summed E-state index contributed by atoms with van der Waals surface area (Å²) in [5.41, 5.74) is 1.02. The molecule has 0 saturated carbocycles. The summed E-state index contributed by atoms with van der Waals surface area (Å²) in [4.78, 5) is 13.6. The number of nitrogens with zero attached hydrogens (tertiary/aromatic N) is 1. The maximum absolute atomic E-state index is 12.0. The molecule has 0 aliphatic carbocycles. The Hall–Kier alpha value is -1.40. The maximum Gasteiger partial charge on any atom is 0.224 e. The number of amides is 1. The van der Waals surface area contributed by atoms with Gasteiger partial charge in [0.25, 0.3) is 0 Å². The van der Waals surface area contributed by atoms with Gasteiger partial charge in [0.1, 0.15) is 5.25 Å². The van der Waals surface area contributed by atoms with Crippen LogP contribution in [-0.2, 0) is 14.8 Å². The van der Waals surface area contributed by atoms with Crippen molar-refractivity contribution in [1.29, 1.82) is 0 Å². The van der Waals surface area contributed by atoms with Gasteiger partial charge in [-0.25, -0.2) is 13.6 Å². The van der Waals surface area contributed by atoms with E-state index in [1.54, 1.807) is 4.90 Å². The molecule has 104 valence electrons. The minimum Gasteiger partial charge on any atom is -0.334 e. The van der Waals surface area contributed by atoms with Crippen LogP contribution in [0.5, 0.6) is 0 Å². The van der Waals surface area contributed by atoms with E-state index in [2.05, 4.69) is 0 Å². The molecule has 0 spiro atoms. The maximum atomic E-state index is 12.0. The van der Waals surface area contributed by atoms with Crippen LogP contribution in [0.4, 0.5) is 0 Å². The number of hydrogen-bond donors (Lipinski definition) is 1. The van der Waals surface area contributed by atoms with E-state index >= 15 is 0 Å². The van der Waals surface area contributed by atoms with Crippen LogP contribution < -0.4 is 5.14 Å². The molecule has 1 saturated heterocycles. The second-order valence-corrected chi connectivity index (χ2v) is 6.64. The molecule has 19 heavy (non-hydrogen) atoms. The Morgan fingerprint density at radius 3 is 2.47 bits per heavy atom. The van der Waals surface area contributed by atoms with Crippen LogP contribution >= 0.6 is 0 Å². The summed E-state index contributed by atoms with van der Waals surface area (Å²) in [5.74, 6) is -0.144. The smallest absolute Gasteiger partial charge is 0.224 e. The second kappa shape index (κ2) is 5.30. The summed E-state index contributed by atoms with van der Waals surface area (Å²) in [6, 6.07) is 9.55. The highest BCUT2D eigenvalue weighted by Crippen LogP contribution is 2.30. The van der Waals surface area contributed by atoms with E-state index < -0.39 is 15.3 Å². The monoisotopic (exact) mass is 282 g/mol. The van der Waals surface area contributed by atoms with Crippen molar-refractivity contribution in [3.8, 4) is 0 Å². The summed E-state index contributed by atoms with van der Waals surface area (Å²) < 4.78 is 22.7. The molecule has 1 amide bonds. The van der Waals surface area contributed by atoms with Crippen molar-refractivity contribution in [2.75, 3.05) is 6.54 Å². The molecule has 2 atom stereocenters. The Kier molecular flexibility index (Phi) is 3.91. The van der Waals surface area contributed by atoms with Crippen LogP contribution in [0.15, 0.2) is 30.3 Å². The predicted molar refractivity (Wildman–Crippen MR) is 72.7 cm³/mol. The van der Waals surface area contributed by atoms with E-state index in [9.17, 15) is 13.2 Å². The van der Waals surface area contributed by atoms with Gasteiger partial charge >= 0.3 is 0 Å². The van der Waals surface area contributed by atoms with Crippen molar-refractivity contribution in [3.05, 3.63) is 35.9 Å². The lowest BCUT2D eigenvalue weighted by Gasteiger charge is -2.27. The van der Waals surface area contributed by atoms with E-state index in [4.69, 9.17) is 5.14 Å². The first kappa shape index (κ1) is 14.0. The lowest BCUT2D eigenvalue weighted by molar-refractivity contribution is -0.129. The Balaban J connectivity index is 2.24. The third kappa shape index (κ3) is 2.96. The first-order valence-corrected chi connectivity index (χ1v) is 7.90. The van der Waals surface area contributed by atoms with Crippen LogP contribution in [-0.4, -0.2) is 31.0 Å². The first-order chi connectivity index (χ1) is 8.93. The van der Waals surface area contributed by atoms with Crippen molar-refractivity contribution >= 4 is 15.9 Å². The minimum atomic E-state index is -3.65. The van der Waals surface area contributed by atoms with Gasteiger partial charge in [0.05, 0.1) is 6.04 Å². The van der Waals surface area contributed by atoms with E-state index in [0.29, 0.717) is 0 Å². The highest BCUT2D eigenvalue weighted by molar-refractivity contribution is 7.89. The third-order valence-electron chi connectivity index (χ3n) is 3.53. The summed E-state index contributed by atoms with van der Waals surface area (Å²) >= 11 is 0. The topological polar surface area (TPSA) is 80.5 Å². The molecule has 0 aromatic heterocycles. The molecule has 1 heterocycles. The van der Waals surface area contributed by atoms with Gasteiger partial charge in [0.2, 0.25) is 15.9 Å². The first-order valence-electron chi connectivity index (χ1n) is 6.29. The standard InChI is InChI=1S/C13H18N2O3S/c1-2-12(10-6-4-3-5-7-10)15-9-11(8-13(15)16)19(14,17)18/h3-7,11-12H,2,8-9H2,1H3,(H2,14,17,18)/t11?,12-/m0/s1. The summed E-state index contributed by atoms with van der Waals surface area (Å²) in [5, 5.41) is 4.36. The zero-order chi connectivity index (χ0) is 14.0. The molecule has 5 nitrogen and oxygen atoms in total. The lowest BCUT2D eigenvalue weighted by Crippen LogP contribution is -2.34. The molecule has 1 unspecified atom stereocenters. The minimum absolute atomic E-state index is 0.0117. The number of carbonyl (C=O) groups excluding carboxylic acids is 1. The number of nitrogens with two attached hydrogens (primary N) is 1. The van der Waals surface area contributed by atoms with Gasteiger partial charge < -0.3 is 4.90 Å². The van der Waals surface area contributed by atoms with Crippen LogP contribution in [0.2, 0.25) is 0 Å². The highest BCUT2D eigenvalue weighted by atomic mass is 32.2. The van der Waals surface area contributed by atoms with Gasteiger partial charge in [-0.3, -0.25) is 4.79 Å². The molecule has 0 bridgehead atoms. The number of hydrogen-bond acceptors (Lipinski definition) is 3. The van der Waals surface area contributed by atoms with Gasteiger partial charge in [-0.05, 0) is 12.0 Å². The molecule has 1 aliphatic heterocycles. The molecule has 6 heteroatoms. The van der Waals surface area contributed by atoms with E-state index in [-0.39, 0.29) is 24.9 Å². The summed E-state index contributed by atoms with van der Waals surface area (Å²) in [6.45, 7) is 2.17. The second-order valence-electron chi connectivity index (χ2n) is 4.80. The Morgan fingerprint density at radius 1 is 1.37 bits per heavy atom. The molecule has 1 aromatic rings. The van der Waals surface area contributed by atoms with Gasteiger partial charge in [-0.2, -0.15) is 0 Å². The van der Waals surface area contributed by atoms with E-state index in [1.807, 2.05) is 37.3 Å². The highest BCUT2D eigenvalue weighted by Gasteiger charge is 2.39. The molecule has 2 N–H and O–H groups in total. The fourth-order valence-corrected chi connectivity index (χ4v) is 3.27. The molecular formula is C13H18N2O3S. The largest absolute Gasteiger partial charge is 0.334 e. The molecular weight excluding hydrogens is 264 g/mol. The zero-order valence-corrected chi connectivity index (χ0v) is 11.6. The van der Waals surface area contributed by atoms with Gasteiger partial charge in [-0.15, -0.1) is 0 Å². The average Bonchev–Trinajstić information content (AvgIpc) is 2.74. The van der Waals surface area contributed by atoms with E-state index in [0.717, 1.165) is 12.0 Å². The van der Waals surface area contributed by atoms with Gasteiger partial charge in [-0.1, -0.05) is 37.3 Å². The van der Waals surface area contributed by atoms with Crippen molar-refractivity contribution in [2.45, 2.75) is 31.1 Å². The number of primary sulfonamides is 1. The van der Waals surface area contributed by atoms with Crippen molar-refractivity contribution in [2.24, 2.45) is 5.14 Å². The van der Waals surface area contributed by atoms with Crippen molar-refractivity contribution in [1.82, 2.24) is 4.90 Å². The van der Waals surface area contributed by atoms with E-state index in [1.165, 1.54) is 0 Å². The van der Waals surface area contributed by atoms with Crippen LogP contribution in [0.25, 0.3) is 0 Å². The van der Waals surface area contributed by atoms with Crippen LogP contribution in [0.1, 0.15) is 31.4 Å². The quantitative estimate of drug-likeness (QED) is 0.895. The number of carbonyl (C=O) groups is 1. The third-order valence-corrected chi connectivity index (χ3v) is 4.78. The van der Waals surface area contributed by atoms with Crippen LogP contribution in [0.3, 0.4) is 0 Å². The average molecular weight is 282 g/mol. The number of likely N-dealkylation sites (tertiary alicyclic amines) is 1. The summed E-state index contributed by atoms with van der Waals surface area (Å²) in [6.07, 6.45) is 0.731. The molecule has 1 fully saturated rings.